The number of anilines is 1. The van der Waals surface area contributed by atoms with Crippen LogP contribution in [0.4, 0.5) is 10.1 Å². The van der Waals surface area contributed by atoms with Crippen molar-refractivity contribution in [1.29, 1.82) is 0 Å². The largest absolute Gasteiger partial charge is 0.326 e. The zero-order valence-electron chi connectivity index (χ0n) is 9.47. The van der Waals surface area contributed by atoms with Gasteiger partial charge in [0, 0.05) is 11.7 Å². The van der Waals surface area contributed by atoms with Crippen LogP contribution in [0, 0.1) is 11.7 Å². The molecule has 0 bridgehead atoms. The predicted octanol–water partition coefficient (Wildman–Crippen LogP) is 2.52. The molecule has 1 aliphatic rings. The molecule has 1 fully saturated rings. The van der Waals surface area contributed by atoms with Crippen LogP contribution in [0.25, 0.3) is 0 Å². The first-order valence-corrected chi connectivity index (χ1v) is 6.36. The topological polar surface area (TPSA) is 41.1 Å². The number of carbonyl (C=O) groups is 1. The summed E-state index contributed by atoms with van der Waals surface area (Å²) in [5.74, 6) is -0.362. The fourth-order valence-electron chi connectivity index (χ4n) is 2.03. The molecule has 0 aliphatic carbocycles. The van der Waals surface area contributed by atoms with Gasteiger partial charge < -0.3 is 10.6 Å². The summed E-state index contributed by atoms with van der Waals surface area (Å²) in [6.45, 7) is 2.87. The molecule has 1 saturated heterocycles. The molecule has 3 nitrogen and oxygen atoms in total. The molecule has 0 spiro atoms. The van der Waals surface area contributed by atoms with Crippen LogP contribution in [0.5, 0.6) is 0 Å². The standard InChI is InChI=1S/C12H14BrFN2O/c1-7-9(4-5-15-7)12(17)16-8-2-3-11(14)10(13)6-8/h2-3,6-7,9,15H,4-5H2,1H3,(H,16,17). The van der Waals surface area contributed by atoms with E-state index in [1.807, 2.05) is 6.92 Å². The van der Waals surface area contributed by atoms with Gasteiger partial charge in [-0.05, 0) is 54.0 Å². The fourth-order valence-corrected chi connectivity index (χ4v) is 2.40. The molecular formula is C12H14BrFN2O. The molecule has 2 atom stereocenters. The first-order valence-electron chi connectivity index (χ1n) is 5.57. The summed E-state index contributed by atoms with van der Waals surface area (Å²) in [5, 5.41) is 6.03. The van der Waals surface area contributed by atoms with Gasteiger partial charge in [-0.15, -0.1) is 0 Å². The third-order valence-electron chi connectivity index (χ3n) is 3.05. The van der Waals surface area contributed by atoms with E-state index in [9.17, 15) is 9.18 Å². The quantitative estimate of drug-likeness (QED) is 0.881. The third-order valence-corrected chi connectivity index (χ3v) is 3.66. The van der Waals surface area contributed by atoms with Crippen LogP contribution in [0.15, 0.2) is 22.7 Å². The van der Waals surface area contributed by atoms with Gasteiger partial charge in [-0.25, -0.2) is 4.39 Å². The van der Waals surface area contributed by atoms with E-state index in [2.05, 4.69) is 26.6 Å². The summed E-state index contributed by atoms with van der Waals surface area (Å²) in [7, 11) is 0. The highest BCUT2D eigenvalue weighted by Crippen LogP contribution is 2.22. The van der Waals surface area contributed by atoms with Crippen molar-refractivity contribution in [3.8, 4) is 0 Å². The van der Waals surface area contributed by atoms with Crippen LogP contribution < -0.4 is 10.6 Å². The van der Waals surface area contributed by atoms with Crippen LogP contribution in [0.3, 0.4) is 0 Å². The lowest BCUT2D eigenvalue weighted by Gasteiger charge is -2.15. The van der Waals surface area contributed by atoms with Crippen LogP contribution in [-0.4, -0.2) is 18.5 Å². The van der Waals surface area contributed by atoms with E-state index in [0.717, 1.165) is 13.0 Å². The zero-order chi connectivity index (χ0) is 12.4. The number of benzene rings is 1. The van der Waals surface area contributed by atoms with Crippen LogP contribution in [-0.2, 0) is 4.79 Å². The normalized spacial score (nSPS) is 23.7. The van der Waals surface area contributed by atoms with Gasteiger partial charge in [-0.3, -0.25) is 4.79 Å². The van der Waals surface area contributed by atoms with E-state index in [-0.39, 0.29) is 23.7 Å². The van der Waals surface area contributed by atoms with E-state index < -0.39 is 0 Å². The van der Waals surface area contributed by atoms with Crippen molar-refractivity contribution in [3.05, 3.63) is 28.5 Å². The van der Waals surface area contributed by atoms with Crippen molar-refractivity contribution in [3.63, 3.8) is 0 Å². The van der Waals surface area contributed by atoms with Crippen molar-refractivity contribution in [1.82, 2.24) is 5.32 Å². The Morgan fingerprint density at radius 2 is 2.35 bits per heavy atom. The summed E-state index contributed by atoms with van der Waals surface area (Å²) in [5.41, 5.74) is 0.613. The van der Waals surface area contributed by atoms with Crippen molar-refractivity contribution in [2.24, 2.45) is 5.92 Å². The van der Waals surface area contributed by atoms with Crippen molar-refractivity contribution in [2.45, 2.75) is 19.4 Å². The highest BCUT2D eigenvalue weighted by atomic mass is 79.9. The molecule has 2 N–H and O–H groups in total. The second-order valence-electron chi connectivity index (χ2n) is 4.26. The molecule has 92 valence electrons. The van der Waals surface area contributed by atoms with Crippen LogP contribution in [0.2, 0.25) is 0 Å². The maximum absolute atomic E-state index is 13.0. The summed E-state index contributed by atoms with van der Waals surface area (Å²) < 4.78 is 13.4. The van der Waals surface area contributed by atoms with Crippen molar-refractivity contribution < 1.29 is 9.18 Å². The Bertz CT molecular complexity index is 439. The fraction of sp³-hybridized carbons (Fsp3) is 0.417. The van der Waals surface area contributed by atoms with Crippen LogP contribution >= 0.6 is 15.9 Å². The van der Waals surface area contributed by atoms with E-state index in [0.29, 0.717) is 10.2 Å². The molecule has 2 unspecified atom stereocenters. The molecule has 2 rings (SSSR count). The van der Waals surface area contributed by atoms with Gasteiger partial charge in [-0.1, -0.05) is 0 Å². The molecule has 5 heteroatoms. The lowest BCUT2D eigenvalue weighted by molar-refractivity contribution is -0.120. The summed E-state index contributed by atoms with van der Waals surface area (Å²) in [6.07, 6.45) is 0.843. The number of rotatable bonds is 2. The predicted molar refractivity (Wildman–Crippen MR) is 68.3 cm³/mol. The number of amides is 1. The van der Waals surface area contributed by atoms with Gasteiger partial charge in [0.05, 0.1) is 10.4 Å². The first-order chi connectivity index (χ1) is 8.08. The number of halogens is 2. The molecule has 1 aromatic rings. The zero-order valence-corrected chi connectivity index (χ0v) is 11.1. The van der Waals surface area contributed by atoms with E-state index >= 15 is 0 Å². The van der Waals surface area contributed by atoms with Crippen molar-refractivity contribution in [2.75, 3.05) is 11.9 Å². The second kappa shape index (κ2) is 5.14. The molecule has 0 aromatic heterocycles. The Balaban J connectivity index is 2.05. The monoisotopic (exact) mass is 300 g/mol. The highest BCUT2D eigenvalue weighted by molar-refractivity contribution is 9.10. The Kier molecular flexibility index (Phi) is 3.79. The Morgan fingerprint density at radius 3 is 2.94 bits per heavy atom. The summed E-state index contributed by atoms with van der Waals surface area (Å²) in [4.78, 5) is 12.0. The molecule has 1 heterocycles. The average Bonchev–Trinajstić information content (AvgIpc) is 2.70. The first kappa shape index (κ1) is 12.5. The lowest BCUT2D eigenvalue weighted by atomic mass is 10.0. The Labute approximate surface area is 108 Å². The highest BCUT2D eigenvalue weighted by Gasteiger charge is 2.29. The van der Waals surface area contributed by atoms with E-state index in [4.69, 9.17) is 0 Å². The lowest BCUT2D eigenvalue weighted by Crippen LogP contribution is -2.32. The molecular weight excluding hydrogens is 287 g/mol. The Morgan fingerprint density at radius 1 is 1.59 bits per heavy atom. The summed E-state index contributed by atoms with van der Waals surface area (Å²) in [6, 6.07) is 4.65. The molecule has 17 heavy (non-hydrogen) atoms. The number of hydrogen-bond donors (Lipinski definition) is 2. The molecule has 1 aromatic carbocycles. The average molecular weight is 301 g/mol. The molecule has 0 radical (unpaired) electrons. The maximum atomic E-state index is 13.0. The van der Waals surface area contributed by atoms with Crippen LogP contribution in [0.1, 0.15) is 13.3 Å². The van der Waals surface area contributed by atoms with Gasteiger partial charge in [0.25, 0.3) is 0 Å². The third kappa shape index (κ3) is 2.84. The number of hydrogen-bond acceptors (Lipinski definition) is 2. The summed E-state index contributed by atoms with van der Waals surface area (Å²) >= 11 is 3.09. The number of carbonyl (C=O) groups excluding carboxylic acids is 1. The van der Waals surface area contributed by atoms with Gasteiger partial charge >= 0.3 is 0 Å². The van der Waals surface area contributed by atoms with Gasteiger partial charge in [-0.2, -0.15) is 0 Å². The SMILES string of the molecule is CC1NCCC1C(=O)Nc1ccc(F)c(Br)c1. The van der Waals surface area contributed by atoms with E-state index in [1.54, 1.807) is 12.1 Å². The second-order valence-corrected chi connectivity index (χ2v) is 5.11. The van der Waals surface area contributed by atoms with Gasteiger partial charge in [0.15, 0.2) is 0 Å². The molecule has 1 amide bonds. The minimum absolute atomic E-state index is 0.0130. The maximum Gasteiger partial charge on any atom is 0.229 e. The van der Waals surface area contributed by atoms with Crippen molar-refractivity contribution >= 4 is 27.5 Å². The minimum atomic E-state index is -0.334. The number of nitrogens with one attached hydrogen (secondary N) is 2. The van der Waals surface area contributed by atoms with E-state index in [1.165, 1.54) is 6.07 Å². The van der Waals surface area contributed by atoms with Gasteiger partial charge in [0.2, 0.25) is 5.91 Å². The molecule has 0 saturated carbocycles. The molecule has 1 aliphatic heterocycles. The van der Waals surface area contributed by atoms with Gasteiger partial charge in [0.1, 0.15) is 5.82 Å². The smallest absolute Gasteiger partial charge is 0.229 e. The Hall–Kier alpha value is -0.940. The minimum Gasteiger partial charge on any atom is -0.326 e.